The van der Waals surface area contributed by atoms with E-state index in [0.717, 1.165) is 26.9 Å². The van der Waals surface area contributed by atoms with Crippen LogP contribution in [0.25, 0.3) is 0 Å². The predicted octanol–water partition coefficient (Wildman–Crippen LogP) is 7.08. The van der Waals surface area contributed by atoms with Crippen LogP contribution in [-0.4, -0.2) is 5.71 Å². The second-order valence-electron chi connectivity index (χ2n) is 5.50. The molecular formula is C22H18ClNS. The number of aliphatic imine (C=N–C) groups is 1. The molecule has 0 spiro atoms. The van der Waals surface area contributed by atoms with E-state index in [-0.39, 0.29) is 0 Å². The van der Waals surface area contributed by atoms with Crippen LogP contribution in [0.2, 0.25) is 5.02 Å². The third-order valence-corrected chi connectivity index (χ3v) is 5.01. The Kier molecular flexibility index (Phi) is 6.10. The van der Waals surface area contributed by atoms with Gasteiger partial charge in [0.2, 0.25) is 0 Å². The molecule has 0 aliphatic heterocycles. The van der Waals surface area contributed by atoms with Crippen LogP contribution in [-0.2, 0) is 0 Å². The molecule has 3 aromatic rings. The Morgan fingerprint density at radius 3 is 2.32 bits per heavy atom. The molecule has 25 heavy (non-hydrogen) atoms. The van der Waals surface area contributed by atoms with E-state index in [1.54, 1.807) is 11.8 Å². The van der Waals surface area contributed by atoms with Crippen LogP contribution in [0, 0.1) is 6.92 Å². The van der Waals surface area contributed by atoms with Crippen molar-refractivity contribution in [1.82, 2.24) is 0 Å². The Bertz CT molecular complexity index is 901. The van der Waals surface area contributed by atoms with Gasteiger partial charge in [-0.15, -0.1) is 0 Å². The van der Waals surface area contributed by atoms with Crippen molar-refractivity contribution in [3.63, 3.8) is 0 Å². The highest BCUT2D eigenvalue weighted by atomic mass is 35.5. The van der Waals surface area contributed by atoms with Crippen LogP contribution in [0.5, 0.6) is 0 Å². The van der Waals surface area contributed by atoms with E-state index in [1.807, 2.05) is 78.2 Å². The summed E-state index contributed by atoms with van der Waals surface area (Å²) in [5, 5.41) is 2.80. The number of halogens is 1. The molecule has 3 heteroatoms. The highest BCUT2D eigenvalue weighted by Gasteiger charge is 2.04. The molecule has 0 heterocycles. The van der Waals surface area contributed by atoms with Crippen molar-refractivity contribution in [2.75, 3.05) is 0 Å². The maximum Gasteiger partial charge on any atom is 0.0717 e. The number of rotatable bonds is 5. The van der Waals surface area contributed by atoms with Gasteiger partial charge in [-0.25, -0.2) is 4.99 Å². The first kappa shape index (κ1) is 17.5. The van der Waals surface area contributed by atoms with Gasteiger partial charge in [-0.2, -0.15) is 0 Å². The van der Waals surface area contributed by atoms with Gasteiger partial charge >= 0.3 is 0 Å². The monoisotopic (exact) mass is 363 g/mol. The van der Waals surface area contributed by atoms with Gasteiger partial charge in [-0.1, -0.05) is 78.0 Å². The summed E-state index contributed by atoms with van der Waals surface area (Å²) in [5.74, 6) is 0. The minimum absolute atomic E-state index is 0.759. The summed E-state index contributed by atoms with van der Waals surface area (Å²) in [5.41, 5.74) is 4.20. The summed E-state index contributed by atoms with van der Waals surface area (Å²) in [6.07, 6.45) is 2.04. The van der Waals surface area contributed by atoms with Crippen LogP contribution in [0.15, 0.2) is 100 Å². The standard InChI is InChI=1S/C22H18ClNS/c1-17-9-5-6-12-19(17)21(24-18-10-3-2-4-11-18)15-16-25-22-14-8-7-13-20(22)23/h2-16H,1H3. The number of aryl methyl sites for hydroxylation is 1. The van der Waals surface area contributed by atoms with Crippen LogP contribution in [0.3, 0.4) is 0 Å². The fraction of sp³-hybridized carbons (Fsp3) is 0.0455. The zero-order valence-corrected chi connectivity index (χ0v) is 15.5. The summed E-state index contributed by atoms with van der Waals surface area (Å²) in [4.78, 5) is 5.86. The molecule has 0 fully saturated rings. The molecule has 124 valence electrons. The van der Waals surface area contributed by atoms with E-state index in [2.05, 4.69) is 19.1 Å². The summed E-state index contributed by atoms with van der Waals surface area (Å²) < 4.78 is 0. The zero-order valence-electron chi connectivity index (χ0n) is 13.9. The average Bonchev–Trinajstić information content (AvgIpc) is 2.64. The molecule has 0 aliphatic carbocycles. The van der Waals surface area contributed by atoms with Crippen LogP contribution < -0.4 is 0 Å². The maximum absolute atomic E-state index is 6.23. The van der Waals surface area contributed by atoms with Crippen molar-refractivity contribution in [3.8, 4) is 0 Å². The topological polar surface area (TPSA) is 12.4 Å². The SMILES string of the molecule is Cc1ccccc1C(C=CSc1ccccc1Cl)=Nc1ccccc1. The number of para-hydroxylation sites is 1. The van der Waals surface area contributed by atoms with Gasteiger partial charge in [0.05, 0.1) is 16.4 Å². The number of hydrogen-bond donors (Lipinski definition) is 0. The van der Waals surface area contributed by atoms with Crippen LogP contribution >= 0.6 is 23.4 Å². The molecule has 0 aliphatic rings. The third kappa shape index (κ3) is 4.85. The normalized spacial score (nSPS) is 11.8. The van der Waals surface area contributed by atoms with Gasteiger partial charge in [0.25, 0.3) is 0 Å². The number of allylic oxidation sites excluding steroid dienone is 1. The number of thioether (sulfide) groups is 1. The summed E-state index contributed by atoms with van der Waals surface area (Å²) in [6.45, 7) is 2.10. The average molecular weight is 364 g/mol. The van der Waals surface area contributed by atoms with Crippen molar-refractivity contribution in [3.05, 3.63) is 106 Å². The summed E-state index contributed by atoms with van der Waals surface area (Å²) >= 11 is 7.82. The van der Waals surface area contributed by atoms with Gasteiger partial charge in [0, 0.05) is 10.5 Å². The van der Waals surface area contributed by atoms with E-state index in [0.29, 0.717) is 0 Å². The predicted molar refractivity (Wildman–Crippen MR) is 110 cm³/mol. The molecule has 0 saturated carbocycles. The van der Waals surface area contributed by atoms with Gasteiger partial charge < -0.3 is 0 Å². The number of benzene rings is 3. The van der Waals surface area contributed by atoms with Crippen molar-refractivity contribution in [1.29, 1.82) is 0 Å². The number of hydrogen-bond acceptors (Lipinski definition) is 2. The highest BCUT2D eigenvalue weighted by Crippen LogP contribution is 2.27. The Morgan fingerprint density at radius 1 is 0.880 bits per heavy atom. The van der Waals surface area contributed by atoms with Gasteiger partial charge in [0.15, 0.2) is 0 Å². The molecule has 0 unspecified atom stereocenters. The Balaban J connectivity index is 1.92. The molecule has 0 bridgehead atoms. The maximum atomic E-state index is 6.23. The van der Waals surface area contributed by atoms with E-state index in [1.165, 1.54) is 5.56 Å². The molecule has 3 aromatic carbocycles. The smallest absolute Gasteiger partial charge is 0.0717 e. The highest BCUT2D eigenvalue weighted by molar-refractivity contribution is 8.02. The lowest BCUT2D eigenvalue weighted by molar-refractivity contribution is 1.42. The number of nitrogens with zero attached hydrogens (tertiary/aromatic N) is 1. The molecule has 1 nitrogen and oxygen atoms in total. The van der Waals surface area contributed by atoms with Gasteiger partial charge in [-0.05, 0) is 48.2 Å². The quantitative estimate of drug-likeness (QED) is 0.348. The minimum Gasteiger partial charge on any atom is -0.248 e. The Hall–Kier alpha value is -2.29. The van der Waals surface area contributed by atoms with E-state index >= 15 is 0 Å². The lowest BCUT2D eigenvalue weighted by Gasteiger charge is -2.06. The minimum atomic E-state index is 0.759. The fourth-order valence-electron chi connectivity index (χ4n) is 2.40. The summed E-state index contributed by atoms with van der Waals surface area (Å²) in [7, 11) is 0. The second kappa shape index (κ2) is 8.70. The van der Waals surface area contributed by atoms with Gasteiger partial charge in [0.1, 0.15) is 0 Å². The first-order chi connectivity index (χ1) is 12.2. The van der Waals surface area contributed by atoms with E-state index in [4.69, 9.17) is 16.6 Å². The van der Waals surface area contributed by atoms with E-state index < -0.39 is 0 Å². The Labute approximate surface area is 158 Å². The molecule has 0 N–H and O–H groups in total. The first-order valence-electron chi connectivity index (χ1n) is 8.01. The molecule has 0 saturated heterocycles. The lowest BCUT2D eigenvalue weighted by atomic mass is 10.0. The molecule has 3 rings (SSSR count). The molecule has 0 amide bonds. The van der Waals surface area contributed by atoms with Crippen molar-refractivity contribution in [2.45, 2.75) is 11.8 Å². The molecular weight excluding hydrogens is 346 g/mol. The fourth-order valence-corrected chi connectivity index (χ4v) is 3.35. The largest absolute Gasteiger partial charge is 0.248 e. The second-order valence-corrected chi connectivity index (χ2v) is 6.85. The van der Waals surface area contributed by atoms with Crippen molar-refractivity contribution >= 4 is 34.8 Å². The zero-order chi connectivity index (χ0) is 17.5. The van der Waals surface area contributed by atoms with E-state index in [9.17, 15) is 0 Å². The first-order valence-corrected chi connectivity index (χ1v) is 9.27. The van der Waals surface area contributed by atoms with Crippen molar-refractivity contribution < 1.29 is 0 Å². The van der Waals surface area contributed by atoms with Gasteiger partial charge in [-0.3, -0.25) is 0 Å². The third-order valence-electron chi connectivity index (χ3n) is 3.68. The molecule has 0 aromatic heterocycles. The van der Waals surface area contributed by atoms with Crippen molar-refractivity contribution in [2.24, 2.45) is 4.99 Å². The molecule has 0 atom stereocenters. The lowest BCUT2D eigenvalue weighted by Crippen LogP contribution is -1.99. The summed E-state index contributed by atoms with van der Waals surface area (Å²) in [6, 6.07) is 26.1. The Morgan fingerprint density at radius 2 is 1.56 bits per heavy atom. The van der Waals surface area contributed by atoms with Crippen LogP contribution in [0.4, 0.5) is 5.69 Å². The van der Waals surface area contributed by atoms with Crippen LogP contribution in [0.1, 0.15) is 11.1 Å². The molecule has 0 radical (unpaired) electrons.